The van der Waals surface area contributed by atoms with E-state index in [4.69, 9.17) is 4.74 Å². The maximum absolute atomic E-state index is 5.06. The average molecular weight is 404 g/mol. The predicted octanol–water partition coefficient (Wildman–Crippen LogP) is 4.43. The molecule has 4 aliphatic heterocycles. The highest BCUT2D eigenvalue weighted by Gasteiger charge is 2.05. The van der Waals surface area contributed by atoms with Gasteiger partial charge < -0.3 is 10.1 Å². The maximum atomic E-state index is 5.06. The molecule has 4 rings (SSSR count). The molecule has 0 spiro atoms. The van der Waals surface area contributed by atoms with E-state index in [1.807, 2.05) is 0 Å². The fourth-order valence-corrected chi connectivity index (χ4v) is 3.17. The van der Waals surface area contributed by atoms with Crippen LogP contribution in [0.5, 0.6) is 0 Å². The van der Waals surface area contributed by atoms with Crippen LogP contribution >= 0.6 is 0 Å². The van der Waals surface area contributed by atoms with Crippen LogP contribution in [0.15, 0.2) is 46.6 Å². The monoisotopic (exact) mass is 403 g/mol. The Hall–Kier alpha value is -1.20. The SMILES string of the molecule is CC1=CCN(C)C1.CC1=CCNC1.CC1=CCOCC1.CCN1CC=C(C)CC1. The predicted molar refractivity (Wildman–Crippen MR) is 128 cm³/mol. The van der Waals surface area contributed by atoms with Gasteiger partial charge >= 0.3 is 0 Å². The Morgan fingerprint density at radius 3 is 1.90 bits per heavy atom. The number of rotatable bonds is 1. The van der Waals surface area contributed by atoms with E-state index in [1.54, 1.807) is 5.57 Å². The molecule has 4 aliphatic rings. The van der Waals surface area contributed by atoms with Gasteiger partial charge in [0.25, 0.3) is 0 Å². The summed E-state index contributed by atoms with van der Waals surface area (Å²) in [4.78, 5) is 4.74. The van der Waals surface area contributed by atoms with Gasteiger partial charge in [0.2, 0.25) is 0 Å². The molecule has 0 aromatic rings. The summed E-state index contributed by atoms with van der Waals surface area (Å²) in [5.74, 6) is 0. The zero-order chi connectivity index (χ0) is 21.5. The minimum atomic E-state index is 0.825. The largest absolute Gasteiger partial charge is 0.377 e. The second-order valence-corrected chi connectivity index (χ2v) is 8.50. The quantitative estimate of drug-likeness (QED) is 0.656. The highest BCUT2D eigenvalue weighted by molar-refractivity contribution is 5.07. The van der Waals surface area contributed by atoms with Crippen molar-refractivity contribution in [1.29, 1.82) is 0 Å². The molecule has 1 N–H and O–H groups in total. The van der Waals surface area contributed by atoms with Crippen LogP contribution in [-0.4, -0.2) is 75.9 Å². The van der Waals surface area contributed by atoms with E-state index in [9.17, 15) is 0 Å². The van der Waals surface area contributed by atoms with Crippen LogP contribution in [0.2, 0.25) is 0 Å². The summed E-state index contributed by atoms with van der Waals surface area (Å²) >= 11 is 0. The van der Waals surface area contributed by atoms with E-state index in [0.717, 1.165) is 39.3 Å². The van der Waals surface area contributed by atoms with Crippen LogP contribution in [-0.2, 0) is 4.74 Å². The molecule has 4 nitrogen and oxygen atoms in total. The Kier molecular flexibility index (Phi) is 13.9. The van der Waals surface area contributed by atoms with Crippen molar-refractivity contribution in [2.45, 2.75) is 47.5 Å². The van der Waals surface area contributed by atoms with Crippen molar-refractivity contribution >= 4 is 0 Å². The van der Waals surface area contributed by atoms with Crippen LogP contribution in [0.4, 0.5) is 0 Å². The van der Waals surface area contributed by atoms with Crippen molar-refractivity contribution in [3.63, 3.8) is 0 Å². The Bertz CT molecular complexity index is 575. The average Bonchev–Trinajstić information content (AvgIpc) is 3.35. The van der Waals surface area contributed by atoms with Crippen molar-refractivity contribution in [3.8, 4) is 0 Å². The van der Waals surface area contributed by atoms with Gasteiger partial charge in [-0.2, -0.15) is 0 Å². The van der Waals surface area contributed by atoms with Crippen molar-refractivity contribution in [3.05, 3.63) is 46.6 Å². The minimum Gasteiger partial charge on any atom is -0.377 e. The minimum absolute atomic E-state index is 0.825. The summed E-state index contributed by atoms with van der Waals surface area (Å²) in [5.41, 5.74) is 5.99. The lowest BCUT2D eigenvalue weighted by atomic mass is 10.1. The second-order valence-electron chi connectivity index (χ2n) is 8.50. The molecule has 0 unspecified atom stereocenters. The van der Waals surface area contributed by atoms with E-state index in [-0.39, 0.29) is 0 Å². The Balaban J connectivity index is 0.000000195. The summed E-state index contributed by atoms with van der Waals surface area (Å²) in [6.07, 6.45) is 11.3. The summed E-state index contributed by atoms with van der Waals surface area (Å²) in [7, 11) is 2.13. The summed E-state index contributed by atoms with van der Waals surface area (Å²) < 4.78 is 5.06. The Morgan fingerprint density at radius 2 is 1.62 bits per heavy atom. The van der Waals surface area contributed by atoms with Crippen LogP contribution in [0.25, 0.3) is 0 Å². The third kappa shape index (κ3) is 13.6. The van der Waals surface area contributed by atoms with Gasteiger partial charge in [-0.1, -0.05) is 53.5 Å². The lowest BCUT2D eigenvalue weighted by Gasteiger charge is -2.22. The number of nitrogens with one attached hydrogen (secondary N) is 1. The lowest BCUT2D eigenvalue weighted by molar-refractivity contribution is 0.154. The molecule has 0 fully saturated rings. The van der Waals surface area contributed by atoms with Crippen LogP contribution < -0.4 is 5.32 Å². The lowest BCUT2D eigenvalue weighted by Crippen LogP contribution is -2.27. The van der Waals surface area contributed by atoms with Gasteiger partial charge in [0, 0.05) is 39.3 Å². The molecule has 0 saturated carbocycles. The van der Waals surface area contributed by atoms with Crippen molar-refractivity contribution < 1.29 is 4.74 Å². The van der Waals surface area contributed by atoms with Crippen molar-refractivity contribution in [2.75, 3.05) is 66.1 Å². The van der Waals surface area contributed by atoms with Crippen molar-refractivity contribution in [2.24, 2.45) is 0 Å². The molecule has 166 valence electrons. The smallest absolute Gasteiger partial charge is 0.0650 e. The summed E-state index contributed by atoms with van der Waals surface area (Å²) in [6, 6.07) is 0. The van der Waals surface area contributed by atoms with Crippen LogP contribution in [0.1, 0.15) is 47.5 Å². The molecule has 0 amide bonds. The molecular weight excluding hydrogens is 358 g/mol. The fourth-order valence-electron chi connectivity index (χ4n) is 3.17. The standard InChI is InChI=1S/C8H15N.C6H11N.C6H10O.C5H9N/c1-3-9-6-4-8(2)5-7-9;1-6-3-4-7(2)5-6;1-6-2-4-7-5-3-6;1-5-2-3-6-4-5/h4H,3,5-7H2,1-2H3;3H,4-5H2,1-2H3;2H,3-5H2,1H3;2,6H,3-4H2,1H3. The molecule has 0 saturated heterocycles. The van der Waals surface area contributed by atoms with Crippen molar-refractivity contribution in [1.82, 2.24) is 15.1 Å². The molecule has 0 bridgehead atoms. The Labute approximate surface area is 180 Å². The van der Waals surface area contributed by atoms with Gasteiger partial charge in [-0.15, -0.1) is 0 Å². The number of nitrogens with zero attached hydrogens (tertiary/aromatic N) is 2. The molecule has 29 heavy (non-hydrogen) atoms. The summed E-state index contributed by atoms with van der Waals surface area (Å²) in [6.45, 7) is 20.7. The number of hydrogen-bond acceptors (Lipinski definition) is 4. The summed E-state index contributed by atoms with van der Waals surface area (Å²) in [5, 5.41) is 3.18. The first-order valence-electron chi connectivity index (χ1n) is 11.2. The molecule has 4 heteroatoms. The van der Waals surface area contributed by atoms with Crippen LogP contribution in [0, 0.1) is 0 Å². The van der Waals surface area contributed by atoms with Gasteiger partial charge in [-0.3, -0.25) is 9.80 Å². The third-order valence-electron chi connectivity index (χ3n) is 5.43. The van der Waals surface area contributed by atoms with Crippen LogP contribution in [0.3, 0.4) is 0 Å². The number of ether oxygens (including phenoxy) is 1. The highest BCUT2D eigenvalue weighted by Crippen LogP contribution is 2.08. The van der Waals surface area contributed by atoms with E-state index >= 15 is 0 Å². The molecule has 0 aliphatic carbocycles. The zero-order valence-corrected chi connectivity index (χ0v) is 19.9. The first-order valence-corrected chi connectivity index (χ1v) is 11.2. The first kappa shape index (κ1) is 25.8. The Morgan fingerprint density at radius 1 is 0.897 bits per heavy atom. The first-order chi connectivity index (χ1) is 13.9. The normalized spacial score (nSPS) is 21.9. The molecular formula is C25H45N3O. The molecule has 4 heterocycles. The van der Waals surface area contributed by atoms with E-state index in [1.165, 1.54) is 49.3 Å². The molecule has 0 aromatic heterocycles. The van der Waals surface area contributed by atoms with Gasteiger partial charge in [0.1, 0.15) is 0 Å². The second kappa shape index (κ2) is 15.6. The number of likely N-dealkylation sites (N-methyl/N-ethyl adjacent to an activating group) is 2. The zero-order valence-electron chi connectivity index (χ0n) is 19.9. The molecule has 0 atom stereocenters. The highest BCUT2D eigenvalue weighted by atomic mass is 16.5. The number of hydrogen-bond donors (Lipinski definition) is 1. The third-order valence-corrected chi connectivity index (χ3v) is 5.43. The maximum Gasteiger partial charge on any atom is 0.0650 e. The van der Waals surface area contributed by atoms with Gasteiger partial charge in [-0.05, 0) is 54.1 Å². The van der Waals surface area contributed by atoms with Gasteiger partial charge in [0.15, 0.2) is 0 Å². The fraction of sp³-hybridized carbons (Fsp3) is 0.680. The van der Waals surface area contributed by atoms with Gasteiger partial charge in [0.05, 0.1) is 13.2 Å². The van der Waals surface area contributed by atoms with E-state index in [0.29, 0.717) is 0 Å². The molecule has 0 radical (unpaired) electrons. The van der Waals surface area contributed by atoms with E-state index in [2.05, 4.69) is 81.1 Å². The molecule has 0 aromatic carbocycles. The van der Waals surface area contributed by atoms with Gasteiger partial charge in [-0.25, -0.2) is 0 Å². The topological polar surface area (TPSA) is 27.7 Å². The van der Waals surface area contributed by atoms with E-state index < -0.39 is 0 Å².